The molecule has 0 amide bonds. The van der Waals surface area contributed by atoms with Crippen LogP contribution in [0.1, 0.15) is 35.6 Å². The molecule has 1 N–H and O–H groups in total. The second kappa shape index (κ2) is 5.97. The van der Waals surface area contributed by atoms with Crippen LogP contribution in [0.15, 0.2) is 24.4 Å². The van der Waals surface area contributed by atoms with Crippen molar-refractivity contribution < 1.29 is 0 Å². The van der Waals surface area contributed by atoms with E-state index in [0.717, 1.165) is 24.4 Å². The maximum Gasteiger partial charge on any atom is 0.0606 e. The van der Waals surface area contributed by atoms with E-state index in [-0.39, 0.29) is 6.04 Å². The first-order valence-electron chi connectivity index (χ1n) is 6.77. The summed E-state index contributed by atoms with van der Waals surface area (Å²) in [5, 5.41) is 7.87. The summed E-state index contributed by atoms with van der Waals surface area (Å²) in [5.74, 6) is 0. The van der Waals surface area contributed by atoms with Crippen LogP contribution in [-0.2, 0) is 13.0 Å². The topological polar surface area (TPSA) is 42.7 Å². The number of aryl methyl sites for hydroxylation is 3. The molecule has 0 aliphatic heterocycles. The molecule has 19 heavy (non-hydrogen) atoms. The molecule has 0 aliphatic carbocycles. The van der Waals surface area contributed by atoms with Crippen molar-refractivity contribution in [2.24, 2.45) is 0 Å². The van der Waals surface area contributed by atoms with Gasteiger partial charge >= 0.3 is 0 Å². The van der Waals surface area contributed by atoms with Crippen LogP contribution in [-0.4, -0.2) is 21.8 Å². The van der Waals surface area contributed by atoms with Gasteiger partial charge in [-0.05, 0) is 45.5 Å². The largest absolute Gasteiger partial charge is 0.311 e. The van der Waals surface area contributed by atoms with Gasteiger partial charge in [-0.15, -0.1) is 0 Å². The predicted octanol–water partition coefficient (Wildman–Crippen LogP) is 2.42. The van der Waals surface area contributed by atoms with Gasteiger partial charge in [-0.3, -0.25) is 9.67 Å². The predicted molar refractivity (Wildman–Crippen MR) is 77.1 cm³/mol. The highest BCUT2D eigenvalue weighted by atomic mass is 15.3. The second-order valence-electron chi connectivity index (χ2n) is 4.84. The first kappa shape index (κ1) is 13.7. The van der Waals surface area contributed by atoms with E-state index in [0.29, 0.717) is 0 Å². The molecule has 0 bridgehead atoms. The first-order valence-corrected chi connectivity index (χ1v) is 6.77. The quantitative estimate of drug-likeness (QED) is 0.895. The molecule has 2 aromatic heterocycles. The summed E-state index contributed by atoms with van der Waals surface area (Å²) in [6.45, 7) is 7.17. The standard InChI is InChI=1S/C15H22N4/c1-5-19-13(9-12(3)18-19)10-14(16-4)15-11(2)7-6-8-17-15/h6-9,14,16H,5,10H2,1-4H3. The van der Waals surface area contributed by atoms with Crippen molar-refractivity contribution in [3.8, 4) is 0 Å². The van der Waals surface area contributed by atoms with Gasteiger partial charge in [0.1, 0.15) is 0 Å². The smallest absolute Gasteiger partial charge is 0.0606 e. The van der Waals surface area contributed by atoms with Crippen molar-refractivity contribution in [1.29, 1.82) is 0 Å². The van der Waals surface area contributed by atoms with Gasteiger partial charge in [-0.1, -0.05) is 6.07 Å². The van der Waals surface area contributed by atoms with Gasteiger partial charge in [-0.25, -0.2) is 0 Å². The molecule has 1 atom stereocenters. The lowest BCUT2D eigenvalue weighted by Gasteiger charge is -2.18. The summed E-state index contributed by atoms with van der Waals surface area (Å²) in [7, 11) is 1.98. The van der Waals surface area contributed by atoms with Crippen LogP contribution >= 0.6 is 0 Å². The van der Waals surface area contributed by atoms with Gasteiger partial charge in [0.2, 0.25) is 0 Å². The molecule has 0 saturated heterocycles. The number of rotatable bonds is 5. The fourth-order valence-corrected chi connectivity index (χ4v) is 2.44. The Hall–Kier alpha value is -1.68. The highest BCUT2D eigenvalue weighted by Gasteiger charge is 2.16. The summed E-state index contributed by atoms with van der Waals surface area (Å²) in [4.78, 5) is 4.52. The highest BCUT2D eigenvalue weighted by molar-refractivity contribution is 5.23. The number of nitrogens with zero attached hydrogens (tertiary/aromatic N) is 3. The lowest BCUT2D eigenvalue weighted by molar-refractivity contribution is 0.529. The lowest BCUT2D eigenvalue weighted by Crippen LogP contribution is -2.22. The van der Waals surface area contributed by atoms with Gasteiger partial charge in [0.15, 0.2) is 0 Å². The Balaban J connectivity index is 2.26. The van der Waals surface area contributed by atoms with Crippen molar-refractivity contribution in [1.82, 2.24) is 20.1 Å². The molecule has 2 rings (SSSR count). The highest BCUT2D eigenvalue weighted by Crippen LogP contribution is 2.19. The van der Waals surface area contributed by atoms with Crippen molar-refractivity contribution >= 4 is 0 Å². The molecule has 0 fully saturated rings. The molecule has 102 valence electrons. The van der Waals surface area contributed by atoms with Gasteiger partial charge in [-0.2, -0.15) is 5.10 Å². The summed E-state index contributed by atoms with van der Waals surface area (Å²) < 4.78 is 2.07. The minimum absolute atomic E-state index is 0.225. The van der Waals surface area contributed by atoms with E-state index in [1.807, 2.05) is 26.2 Å². The zero-order chi connectivity index (χ0) is 13.8. The average molecular weight is 258 g/mol. The van der Waals surface area contributed by atoms with Crippen molar-refractivity contribution in [2.75, 3.05) is 7.05 Å². The monoisotopic (exact) mass is 258 g/mol. The molecular weight excluding hydrogens is 236 g/mol. The Bertz CT molecular complexity index is 545. The van der Waals surface area contributed by atoms with Crippen molar-refractivity contribution in [3.05, 3.63) is 47.0 Å². The number of aromatic nitrogens is 3. The molecular formula is C15H22N4. The Morgan fingerprint density at radius 1 is 1.37 bits per heavy atom. The van der Waals surface area contributed by atoms with E-state index in [1.54, 1.807) is 0 Å². The van der Waals surface area contributed by atoms with E-state index in [4.69, 9.17) is 0 Å². The van der Waals surface area contributed by atoms with Crippen LogP contribution < -0.4 is 5.32 Å². The molecule has 0 aliphatic rings. The minimum atomic E-state index is 0.225. The number of hydrogen-bond acceptors (Lipinski definition) is 3. The fourth-order valence-electron chi connectivity index (χ4n) is 2.44. The second-order valence-corrected chi connectivity index (χ2v) is 4.84. The molecule has 2 heterocycles. The van der Waals surface area contributed by atoms with E-state index in [9.17, 15) is 0 Å². The molecule has 2 aromatic rings. The van der Waals surface area contributed by atoms with E-state index < -0.39 is 0 Å². The third-order valence-corrected chi connectivity index (χ3v) is 3.43. The third-order valence-electron chi connectivity index (χ3n) is 3.43. The molecule has 0 spiro atoms. The van der Waals surface area contributed by atoms with E-state index in [2.05, 4.69) is 46.1 Å². The normalized spacial score (nSPS) is 12.6. The van der Waals surface area contributed by atoms with Gasteiger partial charge in [0.05, 0.1) is 17.4 Å². The number of pyridine rings is 1. The Morgan fingerprint density at radius 3 is 2.79 bits per heavy atom. The van der Waals surface area contributed by atoms with Crippen LogP contribution in [0.5, 0.6) is 0 Å². The molecule has 0 aromatic carbocycles. The van der Waals surface area contributed by atoms with Crippen molar-refractivity contribution in [2.45, 2.75) is 39.8 Å². The summed E-state index contributed by atoms with van der Waals surface area (Å²) in [5.41, 5.74) is 4.67. The Labute approximate surface area is 114 Å². The number of likely N-dealkylation sites (N-methyl/N-ethyl adjacent to an activating group) is 1. The Kier molecular flexibility index (Phi) is 4.32. The van der Waals surface area contributed by atoms with Crippen LogP contribution in [0, 0.1) is 13.8 Å². The first-order chi connectivity index (χ1) is 9.15. The molecule has 4 heteroatoms. The van der Waals surface area contributed by atoms with Gasteiger partial charge in [0, 0.05) is 24.9 Å². The molecule has 1 unspecified atom stereocenters. The van der Waals surface area contributed by atoms with E-state index in [1.165, 1.54) is 11.3 Å². The maximum absolute atomic E-state index is 4.52. The van der Waals surface area contributed by atoms with Crippen LogP contribution in [0.2, 0.25) is 0 Å². The fraction of sp³-hybridized carbons (Fsp3) is 0.467. The zero-order valence-electron chi connectivity index (χ0n) is 12.1. The lowest BCUT2D eigenvalue weighted by atomic mass is 10.0. The molecule has 0 saturated carbocycles. The van der Waals surface area contributed by atoms with E-state index >= 15 is 0 Å². The minimum Gasteiger partial charge on any atom is -0.311 e. The Morgan fingerprint density at radius 2 is 2.16 bits per heavy atom. The summed E-state index contributed by atoms with van der Waals surface area (Å²) >= 11 is 0. The van der Waals surface area contributed by atoms with Crippen molar-refractivity contribution in [3.63, 3.8) is 0 Å². The van der Waals surface area contributed by atoms with Crippen LogP contribution in [0.25, 0.3) is 0 Å². The molecule has 0 radical (unpaired) electrons. The number of hydrogen-bond donors (Lipinski definition) is 1. The SMILES string of the molecule is CCn1nc(C)cc1CC(NC)c1ncccc1C. The van der Waals surface area contributed by atoms with Gasteiger partial charge in [0.25, 0.3) is 0 Å². The molecule has 4 nitrogen and oxygen atoms in total. The number of nitrogens with one attached hydrogen (secondary N) is 1. The van der Waals surface area contributed by atoms with Crippen LogP contribution in [0.4, 0.5) is 0 Å². The summed E-state index contributed by atoms with van der Waals surface area (Å²) in [6, 6.07) is 6.47. The van der Waals surface area contributed by atoms with Gasteiger partial charge < -0.3 is 5.32 Å². The third kappa shape index (κ3) is 3.01. The maximum atomic E-state index is 4.52. The van der Waals surface area contributed by atoms with Crippen LogP contribution in [0.3, 0.4) is 0 Å². The average Bonchev–Trinajstić information content (AvgIpc) is 2.77. The zero-order valence-corrected chi connectivity index (χ0v) is 12.1. The summed E-state index contributed by atoms with van der Waals surface area (Å²) in [6.07, 6.45) is 2.76.